The van der Waals surface area contributed by atoms with Crippen LogP contribution in [0.3, 0.4) is 0 Å². The molecule has 0 bridgehead atoms. The third-order valence-corrected chi connectivity index (χ3v) is 4.38. The molecule has 108 valence electrons. The Bertz CT molecular complexity index is 257. The minimum Gasteiger partial charge on any atom is -0.349 e. The molecule has 1 unspecified atom stereocenters. The molecule has 1 aliphatic rings. The zero-order chi connectivity index (χ0) is 12.9. The Morgan fingerprint density at radius 3 is 2.44 bits per heavy atom. The van der Waals surface area contributed by atoms with E-state index in [9.17, 15) is 4.79 Å². The fourth-order valence-electron chi connectivity index (χ4n) is 2.45. The van der Waals surface area contributed by atoms with E-state index in [1.165, 1.54) is 0 Å². The Labute approximate surface area is 121 Å². The van der Waals surface area contributed by atoms with Crippen LogP contribution in [0.4, 0.5) is 0 Å². The van der Waals surface area contributed by atoms with Gasteiger partial charge in [0.1, 0.15) is 0 Å². The lowest BCUT2D eigenvalue weighted by atomic mass is 9.89. The van der Waals surface area contributed by atoms with Crippen molar-refractivity contribution in [2.24, 2.45) is 17.6 Å². The number of thioether (sulfide) groups is 1. The molecular formula is C13H27ClN2OS. The van der Waals surface area contributed by atoms with Crippen molar-refractivity contribution in [3.63, 3.8) is 0 Å². The van der Waals surface area contributed by atoms with E-state index in [1.807, 2.05) is 11.8 Å². The van der Waals surface area contributed by atoms with Crippen molar-refractivity contribution in [2.75, 3.05) is 18.1 Å². The van der Waals surface area contributed by atoms with Crippen molar-refractivity contribution in [2.45, 2.75) is 45.6 Å². The number of hydrogen-bond acceptors (Lipinski definition) is 3. The first-order chi connectivity index (χ1) is 7.97. The van der Waals surface area contributed by atoms with Crippen molar-refractivity contribution in [1.82, 2.24) is 5.32 Å². The molecule has 0 aliphatic carbocycles. The van der Waals surface area contributed by atoms with Gasteiger partial charge in [-0.15, -0.1) is 12.4 Å². The Morgan fingerprint density at radius 2 is 2.00 bits per heavy atom. The highest BCUT2D eigenvalue weighted by Gasteiger charge is 2.29. The van der Waals surface area contributed by atoms with Crippen LogP contribution in [0.1, 0.15) is 40.0 Å². The maximum Gasteiger partial charge on any atom is 0.223 e. The first-order valence-corrected chi connectivity index (χ1v) is 7.72. The van der Waals surface area contributed by atoms with Crippen molar-refractivity contribution in [1.29, 1.82) is 0 Å². The molecule has 1 fully saturated rings. The fraction of sp³-hybridized carbons (Fsp3) is 0.923. The minimum absolute atomic E-state index is 0. The van der Waals surface area contributed by atoms with Gasteiger partial charge in [0.05, 0.1) is 0 Å². The lowest BCUT2D eigenvalue weighted by Crippen LogP contribution is -2.54. The minimum atomic E-state index is -0.240. The molecule has 0 spiro atoms. The number of amides is 1. The first kappa shape index (κ1) is 18.1. The summed E-state index contributed by atoms with van der Waals surface area (Å²) >= 11 is 1.95. The van der Waals surface area contributed by atoms with Crippen LogP contribution in [0.5, 0.6) is 0 Å². The average Bonchev–Trinajstić information content (AvgIpc) is 2.29. The standard InChI is InChI=1S/C13H26N2OS.ClH/c1-10(2)8-13(3,9-14)15-12(16)11-4-6-17-7-5-11;/h10-11H,4-9,14H2,1-3H3,(H,15,16);1H. The number of nitrogens with two attached hydrogens (primary N) is 1. The highest BCUT2D eigenvalue weighted by atomic mass is 35.5. The smallest absolute Gasteiger partial charge is 0.223 e. The number of nitrogens with one attached hydrogen (secondary N) is 1. The van der Waals surface area contributed by atoms with Crippen LogP contribution in [0.25, 0.3) is 0 Å². The van der Waals surface area contributed by atoms with Gasteiger partial charge in [0.25, 0.3) is 0 Å². The van der Waals surface area contributed by atoms with E-state index >= 15 is 0 Å². The molecule has 0 aromatic carbocycles. The van der Waals surface area contributed by atoms with Gasteiger partial charge in [0, 0.05) is 18.0 Å². The van der Waals surface area contributed by atoms with E-state index in [-0.39, 0.29) is 29.8 Å². The van der Waals surface area contributed by atoms with E-state index < -0.39 is 0 Å². The third kappa shape index (κ3) is 5.81. The zero-order valence-electron chi connectivity index (χ0n) is 11.7. The molecular weight excluding hydrogens is 268 g/mol. The van der Waals surface area contributed by atoms with E-state index in [0.717, 1.165) is 30.8 Å². The predicted molar refractivity (Wildman–Crippen MR) is 82.4 cm³/mol. The Morgan fingerprint density at radius 1 is 1.44 bits per heavy atom. The summed E-state index contributed by atoms with van der Waals surface area (Å²) in [4.78, 5) is 12.2. The summed E-state index contributed by atoms with van der Waals surface area (Å²) in [5.74, 6) is 3.18. The van der Waals surface area contributed by atoms with Crippen molar-refractivity contribution in [3.05, 3.63) is 0 Å². The molecule has 1 aliphatic heterocycles. The first-order valence-electron chi connectivity index (χ1n) is 6.56. The number of carbonyl (C=O) groups excluding carboxylic acids is 1. The fourth-order valence-corrected chi connectivity index (χ4v) is 3.55. The number of hydrogen-bond donors (Lipinski definition) is 2. The second-order valence-electron chi connectivity index (χ2n) is 5.74. The van der Waals surface area contributed by atoms with Gasteiger partial charge in [-0.25, -0.2) is 0 Å². The third-order valence-electron chi connectivity index (χ3n) is 3.33. The maximum absolute atomic E-state index is 12.2. The molecule has 1 saturated heterocycles. The van der Waals surface area contributed by atoms with Crippen LogP contribution in [-0.4, -0.2) is 29.5 Å². The molecule has 3 nitrogen and oxygen atoms in total. The molecule has 0 radical (unpaired) electrons. The molecule has 1 rings (SSSR count). The van der Waals surface area contributed by atoms with Gasteiger partial charge < -0.3 is 11.1 Å². The van der Waals surface area contributed by atoms with Crippen LogP contribution >= 0.6 is 24.2 Å². The van der Waals surface area contributed by atoms with Gasteiger partial charge in [-0.05, 0) is 43.6 Å². The monoisotopic (exact) mass is 294 g/mol. The topological polar surface area (TPSA) is 55.1 Å². The molecule has 0 saturated carbocycles. The lowest BCUT2D eigenvalue weighted by Gasteiger charge is -2.33. The Kier molecular flexibility index (Phi) is 8.31. The Hall–Kier alpha value is 0.0700. The van der Waals surface area contributed by atoms with E-state index in [2.05, 4.69) is 26.1 Å². The molecule has 18 heavy (non-hydrogen) atoms. The van der Waals surface area contributed by atoms with Crippen LogP contribution < -0.4 is 11.1 Å². The molecule has 1 heterocycles. The summed E-state index contributed by atoms with van der Waals surface area (Å²) in [5.41, 5.74) is 5.57. The van der Waals surface area contributed by atoms with Crippen LogP contribution in [0, 0.1) is 11.8 Å². The quantitative estimate of drug-likeness (QED) is 0.819. The van der Waals surface area contributed by atoms with E-state index in [4.69, 9.17) is 5.73 Å². The van der Waals surface area contributed by atoms with Crippen molar-refractivity contribution < 1.29 is 4.79 Å². The molecule has 5 heteroatoms. The summed E-state index contributed by atoms with van der Waals surface area (Å²) < 4.78 is 0. The summed E-state index contributed by atoms with van der Waals surface area (Å²) in [6.07, 6.45) is 2.97. The normalized spacial score (nSPS) is 20.1. The summed E-state index contributed by atoms with van der Waals surface area (Å²) in [7, 11) is 0. The van der Waals surface area contributed by atoms with Crippen LogP contribution in [-0.2, 0) is 4.79 Å². The van der Waals surface area contributed by atoms with Crippen LogP contribution in [0.2, 0.25) is 0 Å². The van der Waals surface area contributed by atoms with Gasteiger partial charge in [-0.2, -0.15) is 11.8 Å². The number of halogens is 1. The number of rotatable bonds is 5. The highest BCUT2D eigenvalue weighted by Crippen LogP contribution is 2.24. The van der Waals surface area contributed by atoms with Crippen LogP contribution in [0.15, 0.2) is 0 Å². The Balaban J connectivity index is 0.00000289. The van der Waals surface area contributed by atoms with Gasteiger partial charge in [-0.3, -0.25) is 4.79 Å². The second kappa shape index (κ2) is 8.28. The van der Waals surface area contributed by atoms with Gasteiger partial charge >= 0.3 is 0 Å². The maximum atomic E-state index is 12.2. The molecule has 3 N–H and O–H groups in total. The van der Waals surface area contributed by atoms with Gasteiger partial charge in [0.15, 0.2) is 0 Å². The SMILES string of the molecule is CC(C)CC(C)(CN)NC(=O)C1CCSCC1.Cl. The molecule has 0 aromatic heterocycles. The van der Waals surface area contributed by atoms with E-state index in [0.29, 0.717) is 12.5 Å². The summed E-state index contributed by atoms with van der Waals surface area (Å²) in [6, 6.07) is 0. The van der Waals surface area contributed by atoms with Gasteiger partial charge in [0.2, 0.25) is 5.91 Å². The molecule has 1 amide bonds. The summed E-state index contributed by atoms with van der Waals surface area (Å²) in [6.45, 7) is 6.90. The molecule has 1 atom stereocenters. The largest absolute Gasteiger partial charge is 0.349 e. The summed E-state index contributed by atoms with van der Waals surface area (Å²) in [5, 5.41) is 3.17. The van der Waals surface area contributed by atoms with Gasteiger partial charge in [-0.1, -0.05) is 13.8 Å². The highest BCUT2D eigenvalue weighted by molar-refractivity contribution is 7.99. The lowest BCUT2D eigenvalue weighted by molar-refractivity contribution is -0.127. The second-order valence-corrected chi connectivity index (χ2v) is 6.96. The zero-order valence-corrected chi connectivity index (χ0v) is 13.3. The predicted octanol–water partition coefficient (Wildman–Crippen LogP) is 2.43. The van der Waals surface area contributed by atoms with E-state index in [1.54, 1.807) is 0 Å². The molecule has 0 aromatic rings. The average molecular weight is 295 g/mol. The number of carbonyl (C=O) groups is 1. The van der Waals surface area contributed by atoms with Crippen molar-refractivity contribution >= 4 is 30.1 Å². The van der Waals surface area contributed by atoms with Crippen molar-refractivity contribution in [3.8, 4) is 0 Å².